The van der Waals surface area contributed by atoms with Crippen LogP contribution in [0.25, 0.3) is 11.0 Å². The van der Waals surface area contributed by atoms with E-state index in [0.717, 1.165) is 21.8 Å². The Kier molecular flexibility index (Phi) is 6.14. The van der Waals surface area contributed by atoms with Gasteiger partial charge in [0.05, 0.1) is 0 Å². The Bertz CT molecular complexity index is 1200. The van der Waals surface area contributed by atoms with Crippen molar-refractivity contribution >= 4 is 64.3 Å². The van der Waals surface area contributed by atoms with Crippen LogP contribution >= 0.6 is 24.0 Å². The van der Waals surface area contributed by atoms with Crippen molar-refractivity contribution < 1.29 is 0 Å². The van der Waals surface area contributed by atoms with E-state index in [1.165, 1.54) is 29.4 Å². The summed E-state index contributed by atoms with van der Waals surface area (Å²) >= 11 is 6.58. The van der Waals surface area contributed by atoms with E-state index in [1.807, 2.05) is 31.8 Å². The van der Waals surface area contributed by atoms with Gasteiger partial charge in [-0.25, -0.2) is 0 Å². The van der Waals surface area contributed by atoms with Crippen LogP contribution in [0.1, 0.15) is 23.7 Å². The number of rotatable bonds is 5. The van der Waals surface area contributed by atoms with Crippen LogP contribution in [0.4, 0.5) is 0 Å². The van der Waals surface area contributed by atoms with Crippen LogP contribution in [0, 0.1) is 13.8 Å². The van der Waals surface area contributed by atoms with Gasteiger partial charge in [0.15, 0.2) is 0 Å². The summed E-state index contributed by atoms with van der Waals surface area (Å²) in [4.78, 5) is 12.6. The van der Waals surface area contributed by atoms with Crippen LogP contribution in [0.15, 0.2) is 76.7 Å². The molecule has 144 valence electrons. The van der Waals surface area contributed by atoms with E-state index >= 15 is 0 Å². The number of pyridine rings is 2. The van der Waals surface area contributed by atoms with Gasteiger partial charge in [-0.05, 0) is 0 Å². The molecule has 2 aromatic heterocycles. The molecule has 0 N–H and O–H groups in total. The van der Waals surface area contributed by atoms with E-state index in [-0.39, 0.29) is 0 Å². The molecule has 0 radical (unpaired) electrons. The average Bonchev–Trinajstić information content (AvgIpc) is 2.70. The average molecular weight is 477 g/mol. The molecule has 1 atom stereocenters. The second-order valence-electron chi connectivity index (χ2n) is 6.99. The zero-order valence-electron chi connectivity index (χ0n) is 16.6. The van der Waals surface area contributed by atoms with Crippen LogP contribution in [-0.2, 0) is 0 Å². The molecule has 1 unspecified atom stereocenters. The van der Waals surface area contributed by atoms with Crippen LogP contribution in [0.2, 0.25) is 0 Å². The monoisotopic (exact) mass is 476 g/mol. The van der Waals surface area contributed by atoms with Crippen molar-refractivity contribution in [3.05, 3.63) is 83.7 Å². The number of aromatic nitrogens is 2. The second kappa shape index (κ2) is 8.79. The standard InChI is InChI=1S/C24H21AsN2S2/c1-15-4-11-23(29-19-8-6-18(7-9-19)17(3)28)22(14-15)25-21-12-13-26-24-20(21)10-5-16(2)27-24/h4-14,25H,1-3H3. The Balaban J connectivity index is 1.68. The fourth-order valence-electron chi connectivity index (χ4n) is 3.09. The van der Waals surface area contributed by atoms with E-state index in [4.69, 9.17) is 12.2 Å². The quantitative estimate of drug-likeness (QED) is 0.240. The SMILES string of the molecule is CC(=S)c1ccc(Sc2ccc(C)cc2[AsH]c2ccnc3nc(C)ccc23)cc1. The van der Waals surface area contributed by atoms with Crippen molar-refractivity contribution in [2.75, 3.05) is 0 Å². The predicted molar refractivity (Wildman–Crippen MR) is 130 cm³/mol. The fraction of sp³-hybridized carbons (Fsp3) is 0.125. The Morgan fingerprint density at radius 3 is 2.48 bits per heavy atom. The normalized spacial score (nSPS) is 11.4. The van der Waals surface area contributed by atoms with Crippen molar-refractivity contribution in [3.63, 3.8) is 0 Å². The summed E-state index contributed by atoms with van der Waals surface area (Å²) in [6.07, 6.45) is 1.89. The first-order valence-corrected chi connectivity index (χ1v) is 12.7. The molecule has 2 heterocycles. The van der Waals surface area contributed by atoms with Gasteiger partial charge in [-0.1, -0.05) is 0 Å². The van der Waals surface area contributed by atoms with E-state index in [2.05, 4.69) is 77.6 Å². The minimum atomic E-state index is -0.524. The Hall–Kier alpha value is -2.00. The number of benzene rings is 2. The molecule has 0 fully saturated rings. The van der Waals surface area contributed by atoms with Crippen molar-refractivity contribution in [2.24, 2.45) is 0 Å². The summed E-state index contributed by atoms with van der Waals surface area (Å²) in [6, 6.07) is 21.7. The third-order valence-corrected chi connectivity index (χ3v) is 9.25. The van der Waals surface area contributed by atoms with E-state index in [1.54, 1.807) is 0 Å². The number of hydrogen-bond donors (Lipinski definition) is 0. The first-order valence-electron chi connectivity index (χ1n) is 9.38. The second-order valence-corrected chi connectivity index (χ2v) is 11.5. The maximum absolute atomic E-state index is 5.28. The number of aryl methyl sites for hydroxylation is 2. The molecule has 5 heteroatoms. The molecule has 0 amide bonds. The van der Waals surface area contributed by atoms with Crippen LogP contribution < -0.4 is 8.70 Å². The number of fused-ring (bicyclic) bond motifs is 1. The third-order valence-electron chi connectivity index (χ3n) is 4.64. The topological polar surface area (TPSA) is 25.8 Å². The van der Waals surface area contributed by atoms with E-state index in [0.29, 0.717) is 0 Å². The van der Waals surface area contributed by atoms with Crippen molar-refractivity contribution in [3.8, 4) is 0 Å². The van der Waals surface area contributed by atoms with Crippen molar-refractivity contribution in [1.82, 2.24) is 9.97 Å². The van der Waals surface area contributed by atoms with Crippen LogP contribution in [-0.4, -0.2) is 30.6 Å². The van der Waals surface area contributed by atoms with E-state index in [9.17, 15) is 0 Å². The van der Waals surface area contributed by atoms with Gasteiger partial charge in [-0.15, -0.1) is 0 Å². The molecule has 0 saturated heterocycles. The van der Waals surface area contributed by atoms with Gasteiger partial charge in [0.25, 0.3) is 0 Å². The van der Waals surface area contributed by atoms with Crippen molar-refractivity contribution in [1.29, 1.82) is 0 Å². The molecule has 29 heavy (non-hydrogen) atoms. The maximum atomic E-state index is 5.28. The van der Waals surface area contributed by atoms with E-state index < -0.39 is 15.8 Å². The van der Waals surface area contributed by atoms with Gasteiger partial charge in [-0.3, -0.25) is 0 Å². The molecule has 0 aliphatic rings. The van der Waals surface area contributed by atoms with Gasteiger partial charge >= 0.3 is 189 Å². The molecule has 0 saturated carbocycles. The summed E-state index contributed by atoms with van der Waals surface area (Å²) in [5, 5.41) is 1.18. The molecule has 2 nitrogen and oxygen atoms in total. The summed E-state index contributed by atoms with van der Waals surface area (Å²) < 4.78 is 2.82. The first-order chi connectivity index (χ1) is 14.0. The van der Waals surface area contributed by atoms with Crippen molar-refractivity contribution in [2.45, 2.75) is 30.6 Å². The predicted octanol–water partition coefficient (Wildman–Crippen LogP) is 4.52. The molecule has 0 spiro atoms. The minimum absolute atomic E-state index is 0.524. The number of hydrogen-bond acceptors (Lipinski definition) is 4. The van der Waals surface area contributed by atoms with Gasteiger partial charge < -0.3 is 0 Å². The fourth-order valence-corrected chi connectivity index (χ4v) is 7.34. The van der Waals surface area contributed by atoms with Crippen LogP contribution in [0.3, 0.4) is 0 Å². The summed E-state index contributed by atoms with van der Waals surface area (Å²) in [7, 11) is 0. The van der Waals surface area contributed by atoms with Gasteiger partial charge in [0.1, 0.15) is 0 Å². The molecular weight excluding hydrogens is 455 g/mol. The third kappa shape index (κ3) is 4.77. The Labute approximate surface area is 187 Å². The molecule has 4 rings (SSSR count). The van der Waals surface area contributed by atoms with Gasteiger partial charge in [0, 0.05) is 0 Å². The zero-order valence-corrected chi connectivity index (χ0v) is 20.3. The Morgan fingerprint density at radius 1 is 0.931 bits per heavy atom. The molecule has 4 aromatic rings. The molecule has 0 bridgehead atoms. The molecule has 0 aliphatic carbocycles. The summed E-state index contributed by atoms with van der Waals surface area (Å²) in [6.45, 7) is 6.14. The summed E-state index contributed by atoms with van der Waals surface area (Å²) in [5.41, 5.74) is 4.27. The zero-order chi connectivity index (χ0) is 20.4. The first kappa shape index (κ1) is 20.3. The number of nitrogens with zero attached hydrogens (tertiary/aromatic N) is 2. The Morgan fingerprint density at radius 2 is 1.72 bits per heavy atom. The summed E-state index contributed by atoms with van der Waals surface area (Å²) in [5.74, 6) is 0. The van der Waals surface area contributed by atoms with Gasteiger partial charge in [0.2, 0.25) is 0 Å². The molecule has 2 aromatic carbocycles. The number of thiocarbonyl (C=S) groups is 1. The molecular formula is C24H21AsN2S2. The van der Waals surface area contributed by atoms with Gasteiger partial charge in [-0.2, -0.15) is 0 Å². The molecule has 0 aliphatic heterocycles. The van der Waals surface area contributed by atoms with Crippen LogP contribution in [0.5, 0.6) is 0 Å².